The van der Waals surface area contributed by atoms with Crippen LogP contribution >= 0.6 is 0 Å². The molecular formula is C23H28O2. The molecule has 1 aliphatic rings. The first-order valence-electron chi connectivity index (χ1n) is 9.36. The minimum atomic E-state index is -0.714. The minimum Gasteiger partial charge on any atom is -0.388 e. The van der Waals surface area contributed by atoms with Gasteiger partial charge in [-0.1, -0.05) is 75.4 Å². The zero-order chi connectivity index (χ0) is 18.0. The molecule has 2 aromatic rings. The normalized spacial score (nSPS) is 25.2. The van der Waals surface area contributed by atoms with Gasteiger partial charge in [-0.05, 0) is 41.4 Å². The predicted octanol–water partition coefficient (Wildman–Crippen LogP) is 5.27. The van der Waals surface area contributed by atoms with Gasteiger partial charge in [-0.15, -0.1) is 0 Å². The molecule has 4 atom stereocenters. The molecule has 0 unspecified atom stereocenters. The van der Waals surface area contributed by atoms with Crippen molar-refractivity contribution in [1.82, 2.24) is 0 Å². The van der Waals surface area contributed by atoms with Crippen molar-refractivity contribution in [2.45, 2.75) is 39.7 Å². The van der Waals surface area contributed by atoms with Crippen LogP contribution in [0.5, 0.6) is 0 Å². The van der Waals surface area contributed by atoms with Gasteiger partial charge >= 0.3 is 0 Å². The Morgan fingerprint density at radius 3 is 2.12 bits per heavy atom. The van der Waals surface area contributed by atoms with E-state index in [1.807, 2.05) is 42.5 Å². The van der Waals surface area contributed by atoms with Gasteiger partial charge in [0.1, 0.15) is 5.78 Å². The van der Waals surface area contributed by atoms with Crippen LogP contribution in [-0.2, 0) is 4.79 Å². The first-order chi connectivity index (χ1) is 12.0. The van der Waals surface area contributed by atoms with Crippen molar-refractivity contribution in [2.24, 2.45) is 23.7 Å². The number of carbonyl (C=O) groups excluding carboxylic acids is 1. The highest BCUT2D eigenvalue weighted by Crippen LogP contribution is 2.41. The third-order valence-electron chi connectivity index (χ3n) is 5.74. The molecule has 25 heavy (non-hydrogen) atoms. The summed E-state index contributed by atoms with van der Waals surface area (Å²) < 4.78 is 0. The van der Waals surface area contributed by atoms with Crippen molar-refractivity contribution in [3.63, 3.8) is 0 Å². The summed E-state index contributed by atoms with van der Waals surface area (Å²) in [5, 5.41) is 10.9. The van der Waals surface area contributed by atoms with Gasteiger partial charge in [0.25, 0.3) is 0 Å². The van der Waals surface area contributed by atoms with Gasteiger partial charge in [0.2, 0.25) is 0 Å². The summed E-state index contributed by atoms with van der Waals surface area (Å²) in [6.45, 7) is 6.31. The Balaban J connectivity index is 1.82. The molecular weight excluding hydrogens is 308 g/mol. The fourth-order valence-corrected chi connectivity index (χ4v) is 4.13. The van der Waals surface area contributed by atoms with Crippen LogP contribution in [0, 0.1) is 23.7 Å². The quantitative estimate of drug-likeness (QED) is 0.825. The average molecular weight is 336 g/mol. The topological polar surface area (TPSA) is 37.3 Å². The van der Waals surface area contributed by atoms with Crippen molar-refractivity contribution in [2.75, 3.05) is 0 Å². The van der Waals surface area contributed by atoms with E-state index >= 15 is 0 Å². The molecule has 0 heterocycles. The molecule has 3 rings (SSSR count). The maximum atomic E-state index is 12.9. The molecule has 1 N–H and O–H groups in total. The molecule has 2 aromatic carbocycles. The van der Waals surface area contributed by atoms with Crippen LogP contribution in [0.15, 0.2) is 54.6 Å². The Morgan fingerprint density at radius 1 is 0.920 bits per heavy atom. The lowest BCUT2D eigenvalue weighted by Crippen LogP contribution is -2.39. The van der Waals surface area contributed by atoms with Gasteiger partial charge in [-0.2, -0.15) is 0 Å². The van der Waals surface area contributed by atoms with Gasteiger partial charge < -0.3 is 5.11 Å². The maximum Gasteiger partial charge on any atom is 0.142 e. The number of carbonyl (C=O) groups is 1. The Hall–Kier alpha value is -1.93. The molecule has 0 spiro atoms. The number of hydrogen-bond acceptors (Lipinski definition) is 2. The van der Waals surface area contributed by atoms with Crippen LogP contribution in [0.3, 0.4) is 0 Å². The second-order valence-corrected chi connectivity index (χ2v) is 7.77. The summed E-state index contributed by atoms with van der Waals surface area (Å²) in [6, 6.07) is 18.2. The van der Waals surface area contributed by atoms with Crippen molar-refractivity contribution in [3.05, 3.63) is 60.2 Å². The third-order valence-corrected chi connectivity index (χ3v) is 5.74. The number of benzene rings is 2. The highest BCUT2D eigenvalue weighted by atomic mass is 16.3. The summed E-state index contributed by atoms with van der Waals surface area (Å²) >= 11 is 0. The molecule has 0 aromatic heterocycles. The molecule has 1 aliphatic carbocycles. The Bertz CT molecular complexity index is 703. The summed E-state index contributed by atoms with van der Waals surface area (Å²) in [4.78, 5) is 12.9. The largest absolute Gasteiger partial charge is 0.388 e. The van der Waals surface area contributed by atoms with E-state index in [-0.39, 0.29) is 23.5 Å². The van der Waals surface area contributed by atoms with E-state index in [2.05, 4.69) is 32.9 Å². The second kappa shape index (κ2) is 7.53. The van der Waals surface area contributed by atoms with E-state index in [1.165, 1.54) is 0 Å². The van der Waals surface area contributed by atoms with Crippen LogP contribution in [-0.4, -0.2) is 10.9 Å². The van der Waals surface area contributed by atoms with E-state index < -0.39 is 6.10 Å². The number of aliphatic hydroxyl groups is 1. The molecule has 2 heteroatoms. The number of aliphatic hydroxyl groups excluding tert-OH is 1. The highest BCUT2D eigenvalue weighted by molar-refractivity contribution is 5.85. The highest BCUT2D eigenvalue weighted by Gasteiger charge is 2.41. The monoisotopic (exact) mass is 336 g/mol. The van der Waals surface area contributed by atoms with Crippen LogP contribution in [0.4, 0.5) is 0 Å². The molecule has 0 aliphatic heterocycles. The fraction of sp³-hybridized carbons (Fsp3) is 0.435. The van der Waals surface area contributed by atoms with Crippen LogP contribution in [0.1, 0.15) is 45.3 Å². The molecule has 0 amide bonds. The Labute approximate surface area is 150 Å². The summed E-state index contributed by atoms with van der Waals surface area (Å²) in [5.41, 5.74) is 3.12. The average Bonchev–Trinajstić information content (AvgIpc) is 2.62. The van der Waals surface area contributed by atoms with E-state index in [0.717, 1.165) is 29.5 Å². The molecule has 0 bridgehead atoms. The van der Waals surface area contributed by atoms with Crippen molar-refractivity contribution >= 4 is 5.78 Å². The second-order valence-electron chi connectivity index (χ2n) is 7.77. The predicted molar refractivity (Wildman–Crippen MR) is 102 cm³/mol. The van der Waals surface area contributed by atoms with Gasteiger partial charge in [0.05, 0.1) is 12.0 Å². The summed E-state index contributed by atoms with van der Waals surface area (Å²) in [6.07, 6.45) is 1.25. The Morgan fingerprint density at radius 2 is 1.52 bits per heavy atom. The zero-order valence-electron chi connectivity index (χ0n) is 15.4. The number of hydrogen-bond donors (Lipinski definition) is 1. The standard InChI is InChI=1S/C23H28O2/c1-15(2)20-14-9-16(3)21(23(20)25)22(24)19-12-10-18(11-13-19)17-7-5-4-6-8-17/h4-8,10-13,15-16,20-22,24H,9,14H2,1-3H3/t16-,20+,21-,22-/m1/s1. The lowest BCUT2D eigenvalue weighted by molar-refractivity contribution is -0.138. The Kier molecular flexibility index (Phi) is 5.39. The van der Waals surface area contributed by atoms with E-state index in [9.17, 15) is 9.90 Å². The number of Topliss-reactive ketones (excluding diaryl/α,β-unsaturated/α-hetero) is 1. The summed E-state index contributed by atoms with van der Waals surface area (Å²) in [5.74, 6) is 0.609. The first kappa shape index (κ1) is 17.9. The van der Waals surface area contributed by atoms with Gasteiger partial charge in [-0.3, -0.25) is 4.79 Å². The lowest BCUT2D eigenvalue weighted by atomic mass is 9.67. The third kappa shape index (κ3) is 3.69. The van der Waals surface area contributed by atoms with Crippen molar-refractivity contribution in [1.29, 1.82) is 0 Å². The van der Waals surface area contributed by atoms with Crippen molar-refractivity contribution < 1.29 is 9.90 Å². The van der Waals surface area contributed by atoms with E-state index in [0.29, 0.717) is 5.92 Å². The van der Waals surface area contributed by atoms with Gasteiger partial charge in [0.15, 0.2) is 0 Å². The van der Waals surface area contributed by atoms with Crippen LogP contribution < -0.4 is 0 Å². The molecule has 1 fully saturated rings. The maximum absolute atomic E-state index is 12.9. The number of ketones is 1. The van der Waals surface area contributed by atoms with Crippen LogP contribution in [0.25, 0.3) is 11.1 Å². The number of rotatable bonds is 4. The lowest BCUT2D eigenvalue weighted by Gasteiger charge is -2.37. The zero-order valence-corrected chi connectivity index (χ0v) is 15.4. The van der Waals surface area contributed by atoms with Crippen molar-refractivity contribution in [3.8, 4) is 11.1 Å². The molecule has 0 saturated heterocycles. The van der Waals surface area contributed by atoms with Gasteiger partial charge in [0, 0.05) is 5.92 Å². The molecule has 132 valence electrons. The summed E-state index contributed by atoms with van der Waals surface area (Å²) in [7, 11) is 0. The molecule has 1 saturated carbocycles. The minimum absolute atomic E-state index is 0.0828. The van der Waals surface area contributed by atoms with Crippen LogP contribution in [0.2, 0.25) is 0 Å². The van der Waals surface area contributed by atoms with Gasteiger partial charge in [-0.25, -0.2) is 0 Å². The first-order valence-corrected chi connectivity index (χ1v) is 9.36. The van der Waals surface area contributed by atoms with E-state index in [4.69, 9.17) is 0 Å². The smallest absolute Gasteiger partial charge is 0.142 e. The van der Waals surface area contributed by atoms with E-state index in [1.54, 1.807) is 0 Å². The molecule has 2 nitrogen and oxygen atoms in total. The molecule has 0 radical (unpaired) electrons. The fourth-order valence-electron chi connectivity index (χ4n) is 4.13. The SMILES string of the molecule is CC(C)[C@@H]1CC[C@@H](C)[C@H]([C@H](O)c2ccc(-c3ccccc3)cc2)C1=O.